The van der Waals surface area contributed by atoms with E-state index in [4.69, 9.17) is 5.26 Å². The highest BCUT2D eigenvalue weighted by molar-refractivity contribution is 5.52. The zero-order valence-electron chi connectivity index (χ0n) is 10.3. The van der Waals surface area contributed by atoms with E-state index in [-0.39, 0.29) is 18.5 Å². The largest absolute Gasteiger partial charge is 0.394 e. The van der Waals surface area contributed by atoms with Gasteiger partial charge in [0.15, 0.2) is 0 Å². The van der Waals surface area contributed by atoms with E-state index in [9.17, 15) is 9.50 Å². The van der Waals surface area contributed by atoms with Gasteiger partial charge < -0.3 is 10.0 Å². The van der Waals surface area contributed by atoms with Gasteiger partial charge in [-0.3, -0.25) is 0 Å². The Bertz CT molecular complexity index is 456. The van der Waals surface area contributed by atoms with Gasteiger partial charge in [0.2, 0.25) is 0 Å². The van der Waals surface area contributed by atoms with Gasteiger partial charge in [-0.25, -0.2) is 4.39 Å². The van der Waals surface area contributed by atoms with Crippen molar-refractivity contribution in [2.24, 2.45) is 0 Å². The fourth-order valence-electron chi connectivity index (χ4n) is 2.49. The van der Waals surface area contributed by atoms with E-state index in [0.717, 1.165) is 32.2 Å². The maximum atomic E-state index is 14.0. The summed E-state index contributed by atoms with van der Waals surface area (Å²) in [6.45, 7) is 0.799. The smallest absolute Gasteiger partial charge is 0.147 e. The molecule has 3 nitrogen and oxygen atoms in total. The van der Waals surface area contributed by atoms with Gasteiger partial charge in [-0.2, -0.15) is 5.26 Å². The lowest BCUT2D eigenvalue weighted by Crippen LogP contribution is -2.38. The summed E-state index contributed by atoms with van der Waals surface area (Å²) in [6.07, 6.45) is 4.08. The normalized spacial score (nSPS) is 20.3. The van der Waals surface area contributed by atoms with Crippen LogP contribution < -0.4 is 4.90 Å². The molecule has 18 heavy (non-hydrogen) atoms. The zero-order valence-corrected chi connectivity index (χ0v) is 10.3. The van der Waals surface area contributed by atoms with Crippen LogP contribution in [0.4, 0.5) is 10.1 Å². The molecule has 0 spiro atoms. The van der Waals surface area contributed by atoms with Crippen LogP contribution in [0.3, 0.4) is 0 Å². The molecule has 0 aliphatic carbocycles. The summed E-state index contributed by atoms with van der Waals surface area (Å²) in [4.78, 5) is 1.93. The number of halogens is 1. The number of benzene rings is 1. The van der Waals surface area contributed by atoms with Gasteiger partial charge >= 0.3 is 0 Å². The summed E-state index contributed by atoms with van der Waals surface area (Å²) >= 11 is 0. The minimum absolute atomic E-state index is 0.0186. The first-order chi connectivity index (χ1) is 8.76. The first-order valence-electron chi connectivity index (χ1n) is 6.33. The van der Waals surface area contributed by atoms with Crippen LogP contribution in [0, 0.1) is 17.1 Å². The highest BCUT2D eigenvalue weighted by Crippen LogP contribution is 2.27. The van der Waals surface area contributed by atoms with Crippen molar-refractivity contribution >= 4 is 5.69 Å². The van der Waals surface area contributed by atoms with Crippen LogP contribution in [0.25, 0.3) is 0 Å². The predicted octanol–water partition coefficient (Wildman–Crippen LogP) is 2.44. The molecule has 1 aromatic carbocycles. The van der Waals surface area contributed by atoms with Crippen molar-refractivity contribution in [1.82, 2.24) is 0 Å². The molecule has 0 amide bonds. The van der Waals surface area contributed by atoms with Gasteiger partial charge in [0.1, 0.15) is 5.82 Å². The number of nitrogens with zero attached hydrogens (tertiary/aromatic N) is 2. The van der Waals surface area contributed by atoms with Gasteiger partial charge in [-0.1, -0.05) is 12.8 Å². The molecule has 1 N–H and O–H groups in total. The minimum atomic E-state index is -0.380. The Morgan fingerprint density at radius 1 is 1.39 bits per heavy atom. The predicted molar refractivity (Wildman–Crippen MR) is 67.8 cm³/mol. The van der Waals surface area contributed by atoms with E-state index in [2.05, 4.69) is 0 Å². The molecule has 4 heteroatoms. The molecule has 1 aliphatic rings. The molecule has 1 unspecified atom stereocenters. The summed E-state index contributed by atoms with van der Waals surface area (Å²) in [5, 5.41) is 18.2. The number of rotatable bonds is 2. The third kappa shape index (κ3) is 2.62. The number of hydrogen-bond donors (Lipinski definition) is 1. The van der Waals surface area contributed by atoms with Gasteiger partial charge in [-0.15, -0.1) is 0 Å². The molecule has 1 saturated heterocycles. The van der Waals surface area contributed by atoms with Crippen LogP contribution in [-0.2, 0) is 0 Å². The zero-order chi connectivity index (χ0) is 13.0. The van der Waals surface area contributed by atoms with Crippen molar-refractivity contribution in [2.45, 2.75) is 31.7 Å². The van der Waals surface area contributed by atoms with Gasteiger partial charge in [0.05, 0.1) is 30.0 Å². The Balaban J connectivity index is 2.30. The van der Waals surface area contributed by atoms with Crippen molar-refractivity contribution in [3.8, 4) is 6.07 Å². The molecule has 0 radical (unpaired) electrons. The first-order valence-corrected chi connectivity index (χ1v) is 6.33. The topological polar surface area (TPSA) is 47.3 Å². The second kappa shape index (κ2) is 5.83. The lowest BCUT2D eigenvalue weighted by molar-refractivity contribution is 0.254. The third-order valence-corrected chi connectivity index (χ3v) is 3.47. The molecule has 96 valence electrons. The quantitative estimate of drug-likeness (QED) is 0.874. The Kier molecular flexibility index (Phi) is 4.16. The molecular weight excluding hydrogens is 231 g/mol. The molecule has 1 fully saturated rings. The molecule has 1 aliphatic heterocycles. The van der Waals surface area contributed by atoms with E-state index in [1.54, 1.807) is 12.1 Å². The molecule has 1 aromatic rings. The number of hydrogen-bond acceptors (Lipinski definition) is 3. The van der Waals surface area contributed by atoms with E-state index < -0.39 is 0 Å². The van der Waals surface area contributed by atoms with Crippen LogP contribution in [0.1, 0.15) is 31.2 Å². The Labute approximate surface area is 106 Å². The molecule has 1 heterocycles. The SMILES string of the molecule is N#Cc1ccc(N2CCCCCC2CO)c(F)c1. The Hall–Kier alpha value is -1.60. The second-order valence-corrected chi connectivity index (χ2v) is 4.66. The average molecular weight is 248 g/mol. The van der Waals surface area contributed by atoms with Crippen LogP contribution in [0.5, 0.6) is 0 Å². The van der Waals surface area contributed by atoms with Crippen LogP contribution in [0.15, 0.2) is 18.2 Å². The average Bonchev–Trinajstić information content (AvgIpc) is 2.63. The lowest BCUT2D eigenvalue weighted by Gasteiger charge is -2.31. The van der Waals surface area contributed by atoms with E-state index >= 15 is 0 Å². The summed E-state index contributed by atoms with van der Waals surface area (Å²) in [6, 6.07) is 6.43. The first kappa shape index (κ1) is 12.8. The van der Waals surface area contributed by atoms with Crippen molar-refractivity contribution < 1.29 is 9.50 Å². The molecule has 1 atom stereocenters. The highest BCUT2D eigenvalue weighted by atomic mass is 19.1. The molecule has 2 rings (SSSR count). The molecule has 0 aromatic heterocycles. The number of aliphatic hydroxyl groups excluding tert-OH is 1. The van der Waals surface area contributed by atoms with Gasteiger partial charge in [-0.05, 0) is 31.0 Å². The monoisotopic (exact) mass is 248 g/mol. The van der Waals surface area contributed by atoms with Crippen molar-refractivity contribution in [3.05, 3.63) is 29.6 Å². The number of aliphatic hydroxyl groups is 1. The maximum Gasteiger partial charge on any atom is 0.147 e. The van der Waals surface area contributed by atoms with Crippen LogP contribution in [-0.4, -0.2) is 24.3 Å². The fraction of sp³-hybridized carbons (Fsp3) is 0.500. The lowest BCUT2D eigenvalue weighted by atomic mass is 10.1. The molecular formula is C14H17FN2O. The molecule has 0 saturated carbocycles. The highest BCUT2D eigenvalue weighted by Gasteiger charge is 2.22. The van der Waals surface area contributed by atoms with Crippen molar-refractivity contribution in [3.63, 3.8) is 0 Å². The minimum Gasteiger partial charge on any atom is -0.394 e. The van der Waals surface area contributed by atoms with Crippen LogP contribution >= 0.6 is 0 Å². The summed E-state index contributed by atoms with van der Waals surface area (Å²) in [7, 11) is 0. The maximum absolute atomic E-state index is 14.0. The van der Waals surface area contributed by atoms with Gasteiger partial charge in [0.25, 0.3) is 0 Å². The molecule has 0 bridgehead atoms. The third-order valence-electron chi connectivity index (χ3n) is 3.47. The standard InChI is InChI=1S/C14H17FN2O/c15-13-8-11(9-16)5-6-14(13)17-7-3-1-2-4-12(17)10-18/h5-6,8,12,18H,1-4,7,10H2. The Morgan fingerprint density at radius 2 is 2.22 bits per heavy atom. The van der Waals surface area contributed by atoms with Crippen molar-refractivity contribution in [2.75, 3.05) is 18.1 Å². The number of anilines is 1. The van der Waals surface area contributed by atoms with Crippen molar-refractivity contribution in [1.29, 1.82) is 5.26 Å². The van der Waals surface area contributed by atoms with E-state index in [1.165, 1.54) is 6.07 Å². The fourth-order valence-corrected chi connectivity index (χ4v) is 2.49. The summed E-state index contributed by atoms with van der Waals surface area (Å²) < 4.78 is 14.0. The number of nitriles is 1. The second-order valence-electron chi connectivity index (χ2n) is 4.66. The summed E-state index contributed by atoms with van der Waals surface area (Å²) in [5.74, 6) is -0.380. The van der Waals surface area contributed by atoms with E-state index in [0.29, 0.717) is 11.3 Å². The summed E-state index contributed by atoms with van der Waals surface area (Å²) in [5.41, 5.74) is 0.821. The van der Waals surface area contributed by atoms with E-state index in [1.807, 2.05) is 11.0 Å². The van der Waals surface area contributed by atoms with Gasteiger partial charge in [0, 0.05) is 6.54 Å². The van der Waals surface area contributed by atoms with Crippen LogP contribution in [0.2, 0.25) is 0 Å². The Morgan fingerprint density at radius 3 is 2.89 bits per heavy atom.